The monoisotopic (exact) mass is 376 g/mol. The van der Waals surface area contributed by atoms with Gasteiger partial charge in [-0.2, -0.15) is 0 Å². The minimum atomic E-state index is 0.0914. The van der Waals surface area contributed by atoms with Crippen LogP contribution < -0.4 is 16.0 Å². The van der Waals surface area contributed by atoms with E-state index < -0.39 is 0 Å². The van der Waals surface area contributed by atoms with Gasteiger partial charge in [0, 0.05) is 36.0 Å². The van der Waals surface area contributed by atoms with Gasteiger partial charge in [-0.15, -0.1) is 11.8 Å². The number of rotatable bonds is 3. The number of piperidine rings is 1. The van der Waals surface area contributed by atoms with Gasteiger partial charge in [0.25, 0.3) is 0 Å². The van der Waals surface area contributed by atoms with Gasteiger partial charge in [0.2, 0.25) is 5.91 Å². The third-order valence-corrected chi connectivity index (χ3v) is 9.54. The van der Waals surface area contributed by atoms with Crippen LogP contribution in [-0.2, 0) is 4.79 Å². The molecule has 0 aromatic rings. The molecule has 3 saturated heterocycles. The fraction of sp³-hybridized carbons (Fsp3) is 0.950. The summed E-state index contributed by atoms with van der Waals surface area (Å²) in [6.45, 7) is 1.86. The molecule has 3 aliphatic heterocycles. The molecule has 0 spiro atoms. The van der Waals surface area contributed by atoms with Gasteiger partial charge in [-0.1, -0.05) is 12.8 Å². The molecule has 3 heterocycles. The number of amides is 1. The number of hydrogen-bond acceptors (Lipinski definition) is 5. The molecule has 0 aromatic carbocycles. The van der Waals surface area contributed by atoms with E-state index in [1.807, 2.05) is 11.8 Å². The Morgan fingerprint density at radius 3 is 2.69 bits per heavy atom. The normalized spacial score (nSPS) is 52.0. The van der Waals surface area contributed by atoms with Crippen LogP contribution in [0.25, 0.3) is 0 Å². The molecule has 1 amide bonds. The number of carbonyl (C=O) groups excluding carboxylic acids is 1. The Labute approximate surface area is 160 Å². The van der Waals surface area contributed by atoms with Crippen LogP contribution in [0.1, 0.15) is 57.8 Å². The highest BCUT2D eigenvalue weighted by Crippen LogP contribution is 2.57. The molecule has 0 radical (unpaired) electrons. The number of carbonyl (C=O) groups is 1. The van der Waals surface area contributed by atoms with Crippen molar-refractivity contribution in [3.05, 3.63) is 0 Å². The number of likely N-dealkylation sites (tertiary alicyclic amines) is 1. The Hall–Kier alpha value is -0.300. The molecule has 26 heavy (non-hydrogen) atoms. The van der Waals surface area contributed by atoms with Crippen LogP contribution in [0.15, 0.2) is 0 Å². The summed E-state index contributed by atoms with van der Waals surface area (Å²) >= 11 is 2.04. The molecule has 7 aliphatic rings. The van der Waals surface area contributed by atoms with Crippen LogP contribution in [0.3, 0.4) is 0 Å². The highest BCUT2D eigenvalue weighted by Gasteiger charge is 2.58. The second kappa shape index (κ2) is 6.10. The lowest BCUT2D eigenvalue weighted by molar-refractivity contribution is -0.134. The third kappa shape index (κ3) is 2.66. The Morgan fingerprint density at radius 2 is 1.92 bits per heavy atom. The number of nitrogens with zero attached hydrogens (tertiary/aromatic N) is 1. The van der Waals surface area contributed by atoms with E-state index in [0.29, 0.717) is 34.3 Å². The molecule has 6 unspecified atom stereocenters. The van der Waals surface area contributed by atoms with Gasteiger partial charge in [0.05, 0.1) is 6.04 Å². The molecule has 144 valence electrons. The maximum absolute atomic E-state index is 13.1. The molecule has 2 bridgehead atoms. The van der Waals surface area contributed by atoms with Crippen molar-refractivity contribution in [3.8, 4) is 0 Å². The molecule has 5 nitrogen and oxygen atoms in total. The molecule has 6 atom stereocenters. The van der Waals surface area contributed by atoms with Crippen LogP contribution in [0.4, 0.5) is 0 Å². The van der Waals surface area contributed by atoms with Crippen molar-refractivity contribution in [1.29, 1.82) is 0 Å². The minimum Gasteiger partial charge on any atom is -0.340 e. The zero-order valence-corrected chi connectivity index (χ0v) is 16.4. The standard InChI is InChI=1S/C20H32N4OS/c25-18(16-7-13-3-1-2-4-14(13)21-16)24-6-5-15-17(11-24)26-19(22-15)23-20-8-12(9-20)10-20/h12-17,19,21-23H,1-11H2. The molecule has 6 heteroatoms. The smallest absolute Gasteiger partial charge is 0.239 e. The highest BCUT2D eigenvalue weighted by atomic mass is 32.2. The van der Waals surface area contributed by atoms with E-state index >= 15 is 0 Å². The van der Waals surface area contributed by atoms with Crippen LogP contribution >= 0.6 is 11.8 Å². The largest absolute Gasteiger partial charge is 0.340 e. The summed E-state index contributed by atoms with van der Waals surface area (Å²) in [5.41, 5.74) is 0.872. The van der Waals surface area contributed by atoms with E-state index in [4.69, 9.17) is 0 Å². The van der Waals surface area contributed by atoms with Crippen molar-refractivity contribution >= 4 is 17.7 Å². The Bertz CT molecular complexity index is 569. The van der Waals surface area contributed by atoms with E-state index in [0.717, 1.165) is 37.8 Å². The summed E-state index contributed by atoms with van der Waals surface area (Å²) < 4.78 is 0. The lowest BCUT2D eigenvalue weighted by Crippen LogP contribution is -2.69. The first kappa shape index (κ1) is 16.6. The fourth-order valence-electron chi connectivity index (χ4n) is 6.59. The summed E-state index contributed by atoms with van der Waals surface area (Å²) in [6, 6.07) is 1.28. The number of nitrogens with one attached hydrogen (secondary N) is 3. The highest BCUT2D eigenvalue weighted by molar-refractivity contribution is 8.00. The zero-order valence-electron chi connectivity index (χ0n) is 15.6. The minimum absolute atomic E-state index is 0.0914. The maximum atomic E-state index is 13.1. The lowest BCUT2D eigenvalue weighted by atomic mass is 9.50. The van der Waals surface area contributed by atoms with E-state index in [1.54, 1.807) is 0 Å². The summed E-state index contributed by atoms with van der Waals surface area (Å²) in [6.07, 6.45) is 11.6. The Kier molecular flexibility index (Phi) is 3.90. The van der Waals surface area contributed by atoms with Crippen molar-refractivity contribution < 1.29 is 4.79 Å². The first-order chi connectivity index (χ1) is 12.7. The second-order valence-corrected chi connectivity index (χ2v) is 11.3. The van der Waals surface area contributed by atoms with Gasteiger partial charge < -0.3 is 10.2 Å². The number of hydrogen-bond donors (Lipinski definition) is 3. The first-order valence-corrected chi connectivity index (χ1v) is 11.9. The van der Waals surface area contributed by atoms with Crippen molar-refractivity contribution in [2.45, 2.75) is 92.2 Å². The van der Waals surface area contributed by atoms with E-state index in [9.17, 15) is 4.79 Å². The molecular formula is C20H32N4OS. The topological polar surface area (TPSA) is 56.4 Å². The van der Waals surface area contributed by atoms with Crippen LogP contribution in [0.2, 0.25) is 0 Å². The number of thioether (sulfide) groups is 1. The third-order valence-electron chi connectivity index (χ3n) is 8.18. The molecule has 0 aromatic heterocycles. The van der Waals surface area contributed by atoms with Gasteiger partial charge in [-0.3, -0.25) is 15.4 Å². The fourth-order valence-corrected chi connectivity index (χ4v) is 8.18. The van der Waals surface area contributed by atoms with Gasteiger partial charge in [0.1, 0.15) is 5.50 Å². The molecule has 4 aliphatic carbocycles. The van der Waals surface area contributed by atoms with Gasteiger partial charge in [0.15, 0.2) is 0 Å². The molecule has 3 N–H and O–H groups in total. The van der Waals surface area contributed by atoms with Crippen molar-refractivity contribution in [1.82, 2.24) is 20.9 Å². The van der Waals surface area contributed by atoms with Crippen LogP contribution in [0, 0.1) is 11.8 Å². The Balaban J connectivity index is 1.05. The van der Waals surface area contributed by atoms with E-state index in [1.165, 1.54) is 44.9 Å². The predicted octanol–water partition coefficient (Wildman–Crippen LogP) is 1.64. The van der Waals surface area contributed by atoms with E-state index in [-0.39, 0.29) is 6.04 Å². The Morgan fingerprint density at radius 1 is 1.08 bits per heavy atom. The van der Waals surface area contributed by atoms with Crippen molar-refractivity contribution in [3.63, 3.8) is 0 Å². The lowest BCUT2D eigenvalue weighted by Gasteiger charge is -2.63. The SMILES string of the molecule is O=C(C1CC2CCCCC2N1)N1CCC2NC(NC34CC(C3)C4)SC2C1. The summed E-state index contributed by atoms with van der Waals surface area (Å²) in [4.78, 5) is 15.3. The second-order valence-electron chi connectivity index (χ2n) is 9.91. The van der Waals surface area contributed by atoms with Gasteiger partial charge in [-0.05, 0) is 56.8 Å². The summed E-state index contributed by atoms with van der Waals surface area (Å²) in [5, 5.41) is 11.9. The van der Waals surface area contributed by atoms with Gasteiger partial charge in [-0.25, -0.2) is 0 Å². The first-order valence-electron chi connectivity index (χ1n) is 10.9. The van der Waals surface area contributed by atoms with Crippen molar-refractivity contribution in [2.24, 2.45) is 11.8 Å². The summed E-state index contributed by atoms with van der Waals surface area (Å²) in [5.74, 6) is 2.15. The zero-order chi connectivity index (χ0) is 17.3. The summed E-state index contributed by atoms with van der Waals surface area (Å²) in [7, 11) is 0. The molecule has 7 rings (SSSR count). The average molecular weight is 377 g/mol. The van der Waals surface area contributed by atoms with Gasteiger partial charge >= 0.3 is 0 Å². The van der Waals surface area contributed by atoms with Crippen LogP contribution in [0.5, 0.6) is 0 Å². The quantitative estimate of drug-likeness (QED) is 0.699. The van der Waals surface area contributed by atoms with E-state index in [2.05, 4.69) is 20.9 Å². The number of fused-ring (bicyclic) bond motifs is 2. The predicted molar refractivity (Wildman–Crippen MR) is 104 cm³/mol. The average Bonchev–Trinajstić information content (AvgIpc) is 3.18. The molecule has 4 saturated carbocycles. The molecule has 7 fully saturated rings. The van der Waals surface area contributed by atoms with Crippen molar-refractivity contribution in [2.75, 3.05) is 13.1 Å². The van der Waals surface area contributed by atoms with Crippen LogP contribution in [-0.4, -0.2) is 58.3 Å². The molecular weight excluding hydrogens is 344 g/mol. The maximum Gasteiger partial charge on any atom is 0.239 e.